The molecule has 1 unspecified atom stereocenters. The van der Waals surface area contributed by atoms with Crippen LogP contribution in [0.4, 0.5) is 4.39 Å². The SMILES string of the molecule is CCN1C(=O)C(F)C[C@H]1C. The topological polar surface area (TPSA) is 20.3 Å². The van der Waals surface area contributed by atoms with E-state index in [1.165, 1.54) is 0 Å². The second-order valence-corrected chi connectivity index (χ2v) is 2.68. The molecule has 2 atom stereocenters. The van der Waals surface area contributed by atoms with Crippen LogP contribution >= 0.6 is 0 Å². The van der Waals surface area contributed by atoms with E-state index in [-0.39, 0.29) is 11.9 Å². The molecule has 0 radical (unpaired) electrons. The maximum absolute atomic E-state index is 12.6. The van der Waals surface area contributed by atoms with Gasteiger partial charge in [-0.15, -0.1) is 0 Å². The Balaban J connectivity index is 2.64. The minimum atomic E-state index is -1.24. The van der Waals surface area contributed by atoms with Crippen LogP contribution in [0.3, 0.4) is 0 Å². The molecule has 0 spiro atoms. The summed E-state index contributed by atoms with van der Waals surface area (Å²) in [5.74, 6) is -0.338. The molecule has 0 bridgehead atoms. The quantitative estimate of drug-likeness (QED) is 0.538. The van der Waals surface area contributed by atoms with Crippen LogP contribution in [0.25, 0.3) is 0 Å². The minimum absolute atomic E-state index is 0.0903. The number of nitrogens with zero attached hydrogens (tertiary/aromatic N) is 1. The Morgan fingerprint density at radius 3 is 2.60 bits per heavy atom. The summed E-state index contributed by atoms with van der Waals surface area (Å²) >= 11 is 0. The summed E-state index contributed by atoms with van der Waals surface area (Å²) in [6.45, 7) is 4.37. The Morgan fingerprint density at radius 2 is 2.40 bits per heavy atom. The van der Waals surface area contributed by atoms with E-state index < -0.39 is 6.17 Å². The second kappa shape index (κ2) is 2.56. The lowest BCUT2D eigenvalue weighted by molar-refractivity contribution is -0.132. The monoisotopic (exact) mass is 145 g/mol. The molecule has 10 heavy (non-hydrogen) atoms. The van der Waals surface area contributed by atoms with Gasteiger partial charge in [-0.25, -0.2) is 4.39 Å². The summed E-state index contributed by atoms with van der Waals surface area (Å²) in [4.78, 5) is 12.5. The van der Waals surface area contributed by atoms with Crippen molar-refractivity contribution in [3.8, 4) is 0 Å². The first-order valence-electron chi connectivity index (χ1n) is 3.61. The minimum Gasteiger partial charge on any atom is -0.338 e. The van der Waals surface area contributed by atoms with Gasteiger partial charge >= 0.3 is 0 Å². The maximum atomic E-state index is 12.6. The molecule has 1 aliphatic heterocycles. The van der Waals surface area contributed by atoms with E-state index in [1.807, 2.05) is 13.8 Å². The Bertz CT molecular complexity index is 149. The number of amides is 1. The number of rotatable bonds is 1. The van der Waals surface area contributed by atoms with Gasteiger partial charge in [0.15, 0.2) is 6.17 Å². The van der Waals surface area contributed by atoms with Crippen molar-refractivity contribution in [3.05, 3.63) is 0 Å². The van der Waals surface area contributed by atoms with Gasteiger partial charge in [-0.2, -0.15) is 0 Å². The highest BCUT2D eigenvalue weighted by Crippen LogP contribution is 2.20. The molecule has 1 rings (SSSR count). The van der Waals surface area contributed by atoms with Crippen molar-refractivity contribution in [2.75, 3.05) is 6.54 Å². The molecule has 0 aromatic rings. The predicted octanol–water partition coefficient (Wildman–Crippen LogP) is 0.965. The molecule has 1 amide bonds. The number of hydrogen-bond acceptors (Lipinski definition) is 1. The van der Waals surface area contributed by atoms with Gasteiger partial charge in [0, 0.05) is 19.0 Å². The third-order valence-corrected chi connectivity index (χ3v) is 1.97. The Labute approximate surface area is 60.0 Å². The van der Waals surface area contributed by atoms with Gasteiger partial charge in [-0.1, -0.05) is 0 Å². The molecule has 1 saturated heterocycles. The van der Waals surface area contributed by atoms with Gasteiger partial charge in [0.25, 0.3) is 5.91 Å². The fourth-order valence-corrected chi connectivity index (χ4v) is 1.39. The molecule has 1 fully saturated rings. The smallest absolute Gasteiger partial charge is 0.257 e. The highest BCUT2D eigenvalue weighted by molar-refractivity contribution is 5.83. The molecule has 1 heterocycles. The highest BCUT2D eigenvalue weighted by Gasteiger charge is 2.35. The predicted molar refractivity (Wildman–Crippen MR) is 36.4 cm³/mol. The molecule has 1 aliphatic rings. The number of carbonyl (C=O) groups is 1. The maximum Gasteiger partial charge on any atom is 0.257 e. The van der Waals surface area contributed by atoms with Crippen molar-refractivity contribution in [1.29, 1.82) is 0 Å². The van der Waals surface area contributed by atoms with Crippen molar-refractivity contribution in [2.45, 2.75) is 32.5 Å². The molecule has 0 saturated carbocycles. The lowest BCUT2D eigenvalue weighted by atomic mass is 10.2. The van der Waals surface area contributed by atoms with Crippen LogP contribution in [0.1, 0.15) is 20.3 Å². The average Bonchev–Trinajstić information content (AvgIpc) is 2.09. The summed E-state index contributed by atoms with van der Waals surface area (Å²) in [5, 5.41) is 0. The van der Waals surface area contributed by atoms with E-state index in [0.717, 1.165) is 0 Å². The lowest BCUT2D eigenvalue weighted by Gasteiger charge is -2.17. The molecule has 0 aromatic carbocycles. The van der Waals surface area contributed by atoms with Crippen LogP contribution in [0, 0.1) is 0 Å². The van der Waals surface area contributed by atoms with Crippen LogP contribution < -0.4 is 0 Å². The first-order valence-corrected chi connectivity index (χ1v) is 3.61. The number of hydrogen-bond donors (Lipinski definition) is 0. The summed E-state index contributed by atoms with van der Waals surface area (Å²) in [6.07, 6.45) is -0.873. The fourth-order valence-electron chi connectivity index (χ4n) is 1.39. The van der Waals surface area contributed by atoms with E-state index in [0.29, 0.717) is 13.0 Å². The fraction of sp³-hybridized carbons (Fsp3) is 0.857. The Hall–Kier alpha value is -0.600. The van der Waals surface area contributed by atoms with E-state index in [4.69, 9.17) is 0 Å². The summed E-state index contributed by atoms with van der Waals surface area (Å²) in [5.41, 5.74) is 0. The van der Waals surface area contributed by atoms with E-state index in [2.05, 4.69) is 0 Å². The zero-order valence-corrected chi connectivity index (χ0v) is 6.30. The molecule has 58 valence electrons. The number of alkyl halides is 1. The largest absolute Gasteiger partial charge is 0.338 e. The molecule has 0 aliphatic carbocycles. The standard InChI is InChI=1S/C7H12FNO/c1-3-9-5(2)4-6(8)7(9)10/h5-6H,3-4H2,1-2H3/t5-,6?/m1/s1. The third-order valence-electron chi connectivity index (χ3n) is 1.97. The molecule has 2 nitrogen and oxygen atoms in total. The van der Waals surface area contributed by atoms with Crippen molar-refractivity contribution in [1.82, 2.24) is 4.90 Å². The first kappa shape index (κ1) is 7.51. The summed E-state index contributed by atoms with van der Waals surface area (Å²) < 4.78 is 12.6. The summed E-state index contributed by atoms with van der Waals surface area (Å²) in [6, 6.07) is 0.0903. The van der Waals surface area contributed by atoms with Gasteiger partial charge in [0.05, 0.1) is 0 Å². The molecular formula is C7H12FNO. The van der Waals surface area contributed by atoms with Crippen LogP contribution in [0.2, 0.25) is 0 Å². The van der Waals surface area contributed by atoms with Gasteiger partial charge in [0.2, 0.25) is 0 Å². The third kappa shape index (κ3) is 1.00. The van der Waals surface area contributed by atoms with E-state index in [1.54, 1.807) is 4.90 Å². The normalized spacial score (nSPS) is 33.5. The number of carbonyl (C=O) groups excluding carboxylic acids is 1. The number of likely N-dealkylation sites (tertiary alicyclic amines) is 1. The van der Waals surface area contributed by atoms with E-state index in [9.17, 15) is 9.18 Å². The Kier molecular flexibility index (Phi) is 1.92. The molecular weight excluding hydrogens is 133 g/mol. The first-order chi connectivity index (χ1) is 4.66. The average molecular weight is 145 g/mol. The number of halogens is 1. The van der Waals surface area contributed by atoms with E-state index >= 15 is 0 Å². The Morgan fingerprint density at radius 1 is 1.80 bits per heavy atom. The van der Waals surface area contributed by atoms with Gasteiger partial charge in [-0.05, 0) is 13.8 Å². The van der Waals surface area contributed by atoms with Crippen molar-refractivity contribution in [2.24, 2.45) is 0 Å². The van der Waals surface area contributed by atoms with Gasteiger partial charge in [0.1, 0.15) is 0 Å². The second-order valence-electron chi connectivity index (χ2n) is 2.68. The highest BCUT2D eigenvalue weighted by atomic mass is 19.1. The van der Waals surface area contributed by atoms with Crippen LogP contribution in [0.5, 0.6) is 0 Å². The van der Waals surface area contributed by atoms with Crippen LogP contribution in [0.15, 0.2) is 0 Å². The zero-order chi connectivity index (χ0) is 7.72. The van der Waals surface area contributed by atoms with Crippen LogP contribution in [-0.2, 0) is 4.79 Å². The van der Waals surface area contributed by atoms with Crippen molar-refractivity contribution >= 4 is 5.91 Å². The van der Waals surface area contributed by atoms with Gasteiger partial charge < -0.3 is 4.90 Å². The van der Waals surface area contributed by atoms with Gasteiger partial charge in [-0.3, -0.25) is 4.79 Å². The summed E-state index contributed by atoms with van der Waals surface area (Å²) in [7, 11) is 0. The molecule has 3 heteroatoms. The van der Waals surface area contributed by atoms with Crippen molar-refractivity contribution < 1.29 is 9.18 Å². The molecule has 0 N–H and O–H groups in total. The van der Waals surface area contributed by atoms with Crippen molar-refractivity contribution in [3.63, 3.8) is 0 Å². The lowest BCUT2D eigenvalue weighted by Crippen LogP contribution is -2.32. The zero-order valence-electron chi connectivity index (χ0n) is 6.30. The van der Waals surface area contributed by atoms with Crippen LogP contribution in [-0.4, -0.2) is 29.6 Å². The molecule has 0 aromatic heterocycles.